The lowest BCUT2D eigenvalue weighted by atomic mass is 9.77. The van der Waals surface area contributed by atoms with Crippen molar-refractivity contribution in [2.45, 2.75) is 38.0 Å². The molecule has 0 spiro atoms. The highest BCUT2D eigenvalue weighted by Crippen LogP contribution is 2.43. The van der Waals surface area contributed by atoms with Gasteiger partial charge in [0.25, 0.3) is 0 Å². The molecule has 2 N–H and O–H groups in total. The number of methoxy groups -OCH3 is 1. The molecule has 136 valence electrons. The first kappa shape index (κ1) is 18.0. The topological polar surface area (TPSA) is 75.6 Å². The van der Waals surface area contributed by atoms with E-state index in [9.17, 15) is 14.7 Å². The number of aromatic carboxylic acids is 1. The van der Waals surface area contributed by atoms with Crippen LogP contribution < -0.4 is 10.1 Å². The first-order valence-electron chi connectivity index (χ1n) is 8.76. The lowest BCUT2D eigenvalue weighted by Crippen LogP contribution is -2.38. The molecule has 0 unspecified atom stereocenters. The van der Waals surface area contributed by atoms with E-state index in [1.54, 1.807) is 19.2 Å². The summed E-state index contributed by atoms with van der Waals surface area (Å²) in [6, 6.07) is 12.4. The summed E-state index contributed by atoms with van der Waals surface area (Å²) in [5.74, 6) is -0.372. The maximum absolute atomic E-state index is 13.3. The molecule has 0 saturated heterocycles. The summed E-state index contributed by atoms with van der Waals surface area (Å²) in [5, 5.41) is 12.2. The molecule has 1 amide bonds. The van der Waals surface area contributed by atoms with Crippen molar-refractivity contribution in [3.63, 3.8) is 0 Å². The van der Waals surface area contributed by atoms with Crippen LogP contribution in [0.1, 0.15) is 47.2 Å². The number of benzene rings is 2. The first-order chi connectivity index (χ1) is 12.5. The van der Waals surface area contributed by atoms with E-state index in [4.69, 9.17) is 4.74 Å². The van der Waals surface area contributed by atoms with Crippen LogP contribution in [0.15, 0.2) is 42.5 Å². The van der Waals surface area contributed by atoms with Gasteiger partial charge in [0.1, 0.15) is 5.75 Å². The van der Waals surface area contributed by atoms with Gasteiger partial charge >= 0.3 is 5.97 Å². The van der Waals surface area contributed by atoms with Crippen LogP contribution in [0.4, 0.5) is 5.69 Å². The standard InChI is InChI=1S/C21H23NO4/c1-14-8-9-15(19(23)24)12-18(14)22-20(25)21(10-3-4-11-21)16-6-5-7-17(13-16)26-2/h5-9,12-13H,3-4,10-11H2,1-2H3,(H,22,25)(H,23,24). The second kappa shape index (κ2) is 7.20. The molecule has 1 saturated carbocycles. The number of nitrogens with one attached hydrogen (secondary N) is 1. The van der Waals surface area contributed by atoms with E-state index in [2.05, 4.69) is 5.32 Å². The highest BCUT2D eigenvalue weighted by Gasteiger charge is 2.43. The lowest BCUT2D eigenvalue weighted by molar-refractivity contribution is -0.121. The third kappa shape index (κ3) is 3.29. The van der Waals surface area contributed by atoms with Crippen LogP contribution in [0.3, 0.4) is 0 Å². The Labute approximate surface area is 153 Å². The van der Waals surface area contributed by atoms with Gasteiger partial charge in [-0.1, -0.05) is 31.0 Å². The number of carboxylic acids is 1. The summed E-state index contributed by atoms with van der Waals surface area (Å²) >= 11 is 0. The zero-order valence-corrected chi connectivity index (χ0v) is 15.0. The highest BCUT2D eigenvalue weighted by molar-refractivity contribution is 6.01. The molecule has 1 aliphatic carbocycles. The van der Waals surface area contributed by atoms with Crippen LogP contribution in [0.25, 0.3) is 0 Å². The first-order valence-corrected chi connectivity index (χ1v) is 8.76. The molecule has 0 aliphatic heterocycles. The fourth-order valence-electron chi connectivity index (χ4n) is 3.68. The SMILES string of the molecule is COc1cccc(C2(C(=O)Nc3cc(C(=O)O)ccc3C)CCCC2)c1. The van der Waals surface area contributed by atoms with E-state index < -0.39 is 11.4 Å². The Kier molecular flexibility index (Phi) is 4.98. The predicted octanol–water partition coefficient (Wildman–Crippen LogP) is 4.15. The number of hydrogen-bond donors (Lipinski definition) is 2. The highest BCUT2D eigenvalue weighted by atomic mass is 16.5. The van der Waals surface area contributed by atoms with Gasteiger partial charge in [0.15, 0.2) is 0 Å². The number of anilines is 1. The number of aryl methyl sites for hydroxylation is 1. The molecular weight excluding hydrogens is 330 g/mol. The van der Waals surface area contributed by atoms with Crippen molar-refractivity contribution < 1.29 is 19.4 Å². The van der Waals surface area contributed by atoms with Crippen LogP contribution in [0.2, 0.25) is 0 Å². The molecule has 2 aromatic rings. The molecule has 5 heteroatoms. The minimum atomic E-state index is -1.01. The van der Waals surface area contributed by atoms with Crippen LogP contribution in [0.5, 0.6) is 5.75 Å². The number of ether oxygens (including phenoxy) is 1. The molecule has 1 aliphatic rings. The minimum absolute atomic E-state index is 0.0890. The Balaban J connectivity index is 1.95. The number of carbonyl (C=O) groups is 2. The van der Waals surface area contributed by atoms with Gasteiger partial charge in [0, 0.05) is 5.69 Å². The fraction of sp³-hybridized carbons (Fsp3) is 0.333. The molecule has 26 heavy (non-hydrogen) atoms. The van der Waals surface area contributed by atoms with Crippen molar-refractivity contribution in [1.29, 1.82) is 0 Å². The minimum Gasteiger partial charge on any atom is -0.497 e. The maximum Gasteiger partial charge on any atom is 0.335 e. The summed E-state index contributed by atoms with van der Waals surface area (Å²) < 4.78 is 5.32. The van der Waals surface area contributed by atoms with Gasteiger partial charge in [-0.15, -0.1) is 0 Å². The molecule has 2 aromatic carbocycles. The third-order valence-corrected chi connectivity index (χ3v) is 5.25. The molecular formula is C21H23NO4. The molecule has 1 fully saturated rings. The van der Waals surface area contributed by atoms with Gasteiger partial charge in [-0.2, -0.15) is 0 Å². The summed E-state index contributed by atoms with van der Waals surface area (Å²) in [7, 11) is 1.61. The Bertz CT molecular complexity index is 838. The molecule has 0 atom stereocenters. The number of rotatable bonds is 5. The predicted molar refractivity (Wildman–Crippen MR) is 99.9 cm³/mol. The van der Waals surface area contributed by atoms with E-state index in [1.807, 2.05) is 31.2 Å². The van der Waals surface area contributed by atoms with E-state index >= 15 is 0 Å². The van der Waals surface area contributed by atoms with Gasteiger partial charge in [-0.3, -0.25) is 4.79 Å². The number of carboxylic acid groups (broad SMARTS) is 1. The van der Waals surface area contributed by atoms with Crippen molar-refractivity contribution in [3.8, 4) is 5.75 Å². The second-order valence-electron chi connectivity index (χ2n) is 6.81. The quantitative estimate of drug-likeness (QED) is 0.846. The summed E-state index contributed by atoms with van der Waals surface area (Å²) in [5.41, 5.74) is 1.87. The monoisotopic (exact) mass is 353 g/mol. The van der Waals surface area contributed by atoms with Crippen molar-refractivity contribution in [2.24, 2.45) is 0 Å². The van der Waals surface area contributed by atoms with Crippen molar-refractivity contribution in [2.75, 3.05) is 12.4 Å². The van der Waals surface area contributed by atoms with E-state index in [0.717, 1.165) is 42.6 Å². The average Bonchev–Trinajstić information content (AvgIpc) is 3.14. The van der Waals surface area contributed by atoms with Gasteiger partial charge in [0.2, 0.25) is 5.91 Å². The van der Waals surface area contributed by atoms with Crippen LogP contribution in [-0.4, -0.2) is 24.1 Å². The van der Waals surface area contributed by atoms with Gasteiger partial charge < -0.3 is 15.2 Å². The smallest absolute Gasteiger partial charge is 0.335 e. The number of amides is 1. The summed E-state index contributed by atoms with van der Waals surface area (Å²) in [6.45, 7) is 1.86. The number of carbonyl (C=O) groups excluding carboxylic acids is 1. The van der Waals surface area contributed by atoms with Crippen molar-refractivity contribution in [3.05, 3.63) is 59.2 Å². The van der Waals surface area contributed by atoms with Crippen molar-refractivity contribution >= 4 is 17.6 Å². The van der Waals surface area contributed by atoms with Gasteiger partial charge in [-0.25, -0.2) is 4.79 Å². The molecule has 0 radical (unpaired) electrons. The van der Waals surface area contributed by atoms with E-state index in [1.165, 1.54) is 6.07 Å². The molecule has 0 heterocycles. The Hall–Kier alpha value is -2.82. The van der Waals surface area contributed by atoms with Crippen LogP contribution in [0, 0.1) is 6.92 Å². The average molecular weight is 353 g/mol. The lowest BCUT2D eigenvalue weighted by Gasteiger charge is -2.29. The van der Waals surface area contributed by atoms with E-state index in [-0.39, 0.29) is 11.5 Å². The molecule has 3 rings (SSSR count). The van der Waals surface area contributed by atoms with Crippen molar-refractivity contribution in [1.82, 2.24) is 0 Å². The molecule has 5 nitrogen and oxygen atoms in total. The van der Waals surface area contributed by atoms with Crippen LogP contribution in [-0.2, 0) is 10.2 Å². The maximum atomic E-state index is 13.3. The zero-order chi connectivity index (χ0) is 18.7. The second-order valence-corrected chi connectivity index (χ2v) is 6.81. The number of hydrogen-bond acceptors (Lipinski definition) is 3. The Morgan fingerprint density at radius 3 is 2.50 bits per heavy atom. The normalized spacial score (nSPS) is 15.5. The van der Waals surface area contributed by atoms with Gasteiger partial charge in [-0.05, 0) is 55.2 Å². The third-order valence-electron chi connectivity index (χ3n) is 5.25. The Morgan fingerprint density at radius 1 is 1.12 bits per heavy atom. The van der Waals surface area contributed by atoms with Crippen LogP contribution >= 0.6 is 0 Å². The van der Waals surface area contributed by atoms with Gasteiger partial charge in [0.05, 0.1) is 18.1 Å². The zero-order valence-electron chi connectivity index (χ0n) is 15.0. The Morgan fingerprint density at radius 2 is 1.85 bits per heavy atom. The fourth-order valence-corrected chi connectivity index (χ4v) is 3.68. The van der Waals surface area contributed by atoms with E-state index in [0.29, 0.717) is 5.69 Å². The summed E-state index contributed by atoms with van der Waals surface area (Å²) in [4.78, 5) is 24.5. The largest absolute Gasteiger partial charge is 0.497 e. The summed E-state index contributed by atoms with van der Waals surface area (Å²) in [6.07, 6.45) is 3.50. The molecule has 0 aromatic heterocycles. The molecule has 0 bridgehead atoms.